The SMILES string of the molecule is CC(=O)Nc1ccc(S(=O)(=O)Oc2cccc(/C=C(\C#N)C(=O)Nc3ccc(Cl)cc3)c2)cc1. The molecule has 3 rings (SSSR count). The molecule has 0 unspecified atom stereocenters. The van der Waals surface area contributed by atoms with E-state index in [9.17, 15) is 23.3 Å². The summed E-state index contributed by atoms with van der Waals surface area (Å²) in [6, 6.07) is 19.6. The van der Waals surface area contributed by atoms with Crippen LogP contribution >= 0.6 is 11.6 Å². The lowest BCUT2D eigenvalue weighted by Crippen LogP contribution is -2.13. The van der Waals surface area contributed by atoms with E-state index in [0.29, 0.717) is 22.0 Å². The molecule has 2 amide bonds. The monoisotopic (exact) mass is 495 g/mol. The van der Waals surface area contributed by atoms with Gasteiger partial charge in [0.15, 0.2) is 0 Å². The number of anilines is 2. The summed E-state index contributed by atoms with van der Waals surface area (Å²) in [7, 11) is -4.16. The summed E-state index contributed by atoms with van der Waals surface area (Å²) in [6.45, 7) is 1.34. The van der Waals surface area contributed by atoms with E-state index in [0.717, 1.165) is 0 Å². The Bertz CT molecular complexity index is 1390. The number of hydrogen-bond acceptors (Lipinski definition) is 6. The minimum absolute atomic E-state index is 0.00455. The molecule has 10 heteroatoms. The van der Waals surface area contributed by atoms with Gasteiger partial charge in [0, 0.05) is 23.3 Å². The van der Waals surface area contributed by atoms with Gasteiger partial charge in [-0.1, -0.05) is 23.7 Å². The van der Waals surface area contributed by atoms with Crippen LogP contribution in [0.15, 0.2) is 83.3 Å². The van der Waals surface area contributed by atoms with Crippen molar-refractivity contribution in [2.45, 2.75) is 11.8 Å². The molecule has 3 aromatic rings. The fourth-order valence-electron chi connectivity index (χ4n) is 2.79. The zero-order valence-corrected chi connectivity index (χ0v) is 19.4. The largest absolute Gasteiger partial charge is 0.379 e. The van der Waals surface area contributed by atoms with Crippen molar-refractivity contribution in [1.29, 1.82) is 5.26 Å². The topological polar surface area (TPSA) is 125 Å². The lowest BCUT2D eigenvalue weighted by molar-refractivity contribution is -0.114. The Labute approximate surface area is 201 Å². The highest BCUT2D eigenvalue weighted by atomic mass is 35.5. The van der Waals surface area contributed by atoms with E-state index >= 15 is 0 Å². The van der Waals surface area contributed by atoms with E-state index in [2.05, 4.69) is 10.6 Å². The lowest BCUT2D eigenvalue weighted by Gasteiger charge is -2.09. The molecule has 0 bridgehead atoms. The Hall–Kier alpha value is -4.13. The number of nitriles is 1. The van der Waals surface area contributed by atoms with Crippen molar-refractivity contribution in [2.75, 3.05) is 10.6 Å². The third-order valence-corrected chi connectivity index (χ3v) is 5.82. The summed E-state index contributed by atoms with van der Waals surface area (Å²) in [6.07, 6.45) is 1.31. The molecule has 0 aromatic heterocycles. The average molecular weight is 496 g/mol. The number of halogens is 1. The minimum atomic E-state index is -4.16. The number of nitrogens with one attached hydrogen (secondary N) is 2. The van der Waals surface area contributed by atoms with Crippen LogP contribution in [-0.2, 0) is 19.7 Å². The Morgan fingerprint density at radius 3 is 2.21 bits per heavy atom. The van der Waals surface area contributed by atoms with Crippen molar-refractivity contribution < 1.29 is 22.2 Å². The fourth-order valence-corrected chi connectivity index (χ4v) is 3.83. The van der Waals surface area contributed by atoms with Gasteiger partial charge >= 0.3 is 10.1 Å². The van der Waals surface area contributed by atoms with Gasteiger partial charge in [0.05, 0.1) is 0 Å². The summed E-state index contributed by atoms with van der Waals surface area (Å²) in [5, 5.41) is 15.0. The van der Waals surface area contributed by atoms with E-state index in [-0.39, 0.29) is 22.1 Å². The highest BCUT2D eigenvalue weighted by Gasteiger charge is 2.17. The van der Waals surface area contributed by atoms with Crippen LogP contribution in [0.2, 0.25) is 5.02 Å². The van der Waals surface area contributed by atoms with Crippen molar-refractivity contribution in [3.8, 4) is 11.8 Å². The molecule has 0 spiro atoms. The normalized spacial score (nSPS) is 11.3. The van der Waals surface area contributed by atoms with Crippen molar-refractivity contribution in [3.05, 3.63) is 89.0 Å². The van der Waals surface area contributed by atoms with Crippen LogP contribution in [0, 0.1) is 11.3 Å². The Kier molecular flexibility index (Phi) is 7.68. The number of rotatable bonds is 7. The van der Waals surface area contributed by atoms with Crippen LogP contribution < -0.4 is 14.8 Å². The first kappa shape index (κ1) is 24.5. The fraction of sp³-hybridized carbons (Fsp3) is 0.0417. The van der Waals surface area contributed by atoms with Crippen LogP contribution in [0.4, 0.5) is 11.4 Å². The minimum Gasteiger partial charge on any atom is -0.379 e. The second kappa shape index (κ2) is 10.7. The van der Waals surface area contributed by atoms with Gasteiger partial charge in [0.1, 0.15) is 22.3 Å². The summed E-state index contributed by atoms with van der Waals surface area (Å²) in [5.41, 5.74) is 1.10. The first-order valence-electron chi connectivity index (χ1n) is 9.77. The Morgan fingerprint density at radius 2 is 1.59 bits per heavy atom. The van der Waals surface area contributed by atoms with Crippen LogP contribution in [-0.4, -0.2) is 20.2 Å². The van der Waals surface area contributed by atoms with Gasteiger partial charge in [-0.05, 0) is 72.3 Å². The Morgan fingerprint density at radius 1 is 0.971 bits per heavy atom. The molecule has 0 saturated heterocycles. The molecule has 0 heterocycles. The summed E-state index contributed by atoms with van der Waals surface area (Å²) in [5.74, 6) is -0.923. The molecule has 0 radical (unpaired) electrons. The standard InChI is InChI=1S/C24H18ClN3O5S/c1-16(29)27-20-9-11-23(12-10-20)34(31,32)33-22-4-2-3-17(14-22)13-18(15-26)24(30)28-21-7-5-19(25)6-8-21/h2-14H,1H3,(H,27,29)(H,28,30)/b18-13+. The van der Waals surface area contributed by atoms with Crippen LogP contribution in [0.3, 0.4) is 0 Å². The molecule has 0 atom stereocenters. The van der Waals surface area contributed by atoms with Crippen LogP contribution in [0.1, 0.15) is 12.5 Å². The molecule has 8 nitrogen and oxygen atoms in total. The predicted octanol–water partition coefficient (Wildman–Crippen LogP) is 4.61. The third kappa shape index (κ3) is 6.68. The van der Waals surface area contributed by atoms with E-state index in [1.54, 1.807) is 30.3 Å². The summed E-state index contributed by atoms with van der Waals surface area (Å²) >= 11 is 5.82. The van der Waals surface area contributed by atoms with Crippen molar-refractivity contribution in [3.63, 3.8) is 0 Å². The second-order valence-corrected chi connectivity index (χ2v) is 8.93. The summed E-state index contributed by atoms with van der Waals surface area (Å²) in [4.78, 5) is 23.4. The molecule has 2 N–H and O–H groups in total. The highest BCUT2D eigenvalue weighted by Crippen LogP contribution is 2.23. The molecular weight excluding hydrogens is 478 g/mol. The van der Waals surface area contributed by atoms with Gasteiger partial charge in [0.25, 0.3) is 5.91 Å². The smallest absolute Gasteiger partial charge is 0.339 e. The number of amides is 2. The number of nitrogens with zero attached hydrogens (tertiary/aromatic N) is 1. The molecule has 3 aromatic carbocycles. The van der Waals surface area contributed by atoms with Gasteiger partial charge in [-0.3, -0.25) is 9.59 Å². The van der Waals surface area contributed by atoms with Crippen molar-refractivity contribution in [1.82, 2.24) is 0 Å². The van der Waals surface area contributed by atoms with Gasteiger partial charge in [-0.2, -0.15) is 13.7 Å². The zero-order valence-electron chi connectivity index (χ0n) is 17.8. The number of carbonyl (C=O) groups excluding carboxylic acids is 2. The maximum absolute atomic E-state index is 12.6. The number of benzene rings is 3. The molecular formula is C24H18ClN3O5S. The molecule has 34 heavy (non-hydrogen) atoms. The van der Waals surface area contributed by atoms with E-state index in [1.165, 1.54) is 55.5 Å². The van der Waals surface area contributed by atoms with E-state index in [4.69, 9.17) is 15.8 Å². The highest BCUT2D eigenvalue weighted by molar-refractivity contribution is 7.87. The van der Waals surface area contributed by atoms with Crippen LogP contribution in [0.25, 0.3) is 6.08 Å². The van der Waals surface area contributed by atoms with Gasteiger partial charge in [0.2, 0.25) is 5.91 Å². The van der Waals surface area contributed by atoms with Gasteiger partial charge in [-0.15, -0.1) is 0 Å². The molecule has 172 valence electrons. The first-order valence-corrected chi connectivity index (χ1v) is 11.6. The quantitative estimate of drug-likeness (QED) is 0.280. The lowest BCUT2D eigenvalue weighted by atomic mass is 10.1. The van der Waals surface area contributed by atoms with Gasteiger partial charge < -0.3 is 14.8 Å². The molecule has 0 aliphatic carbocycles. The third-order valence-electron chi connectivity index (χ3n) is 4.31. The summed E-state index contributed by atoms with van der Waals surface area (Å²) < 4.78 is 30.4. The first-order chi connectivity index (χ1) is 16.2. The molecule has 0 aliphatic heterocycles. The van der Waals surface area contributed by atoms with Crippen molar-refractivity contribution >= 4 is 51.0 Å². The average Bonchev–Trinajstić information content (AvgIpc) is 2.79. The van der Waals surface area contributed by atoms with Crippen molar-refractivity contribution in [2.24, 2.45) is 0 Å². The maximum atomic E-state index is 12.6. The molecule has 0 aliphatic rings. The maximum Gasteiger partial charge on any atom is 0.339 e. The van der Waals surface area contributed by atoms with Crippen LogP contribution in [0.5, 0.6) is 5.75 Å². The van der Waals surface area contributed by atoms with E-state index in [1.807, 2.05) is 6.07 Å². The molecule has 0 fully saturated rings. The number of carbonyl (C=O) groups is 2. The molecule has 0 saturated carbocycles. The predicted molar refractivity (Wildman–Crippen MR) is 129 cm³/mol. The second-order valence-electron chi connectivity index (χ2n) is 6.95. The number of hydrogen-bond donors (Lipinski definition) is 2. The Balaban J connectivity index is 1.77. The van der Waals surface area contributed by atoms with Gasteiger partial charge in [-0.25, -0.2) is 0 Å². The zero-order chi connectivity index (χ0) is 24.7. The van der Waals surface area contributed by atoms with E-state index < -0.39 is 16.0 Å².